The Kier molecular flexibility index (Phi) is 4.74. The second-order valence-corrected chi connectivity index (χ2v) is 5.12. The Balaban J connectivity index is 1.76. The first kappa shape index (κ1) is 13.8. The second kappa shape index (κ2) is 6.52. The molecule has 1 aromatic heterocycles. The van der Waals surface area contributed by atoms with Gasteiger partial charge in [-0.2, -0.15) is 0 Å². The quantitative estimate of drug-likeness (QED) is 0.863. The molecule has 2 rings (SSSR count). The molecule has 1 N–H and O–H groups in total. The largest absolute Gasteiger partial charge is 0.481 e. The van der Waals surface area contributed by atoms with Crippen LogP contribution in [0.5, 0.6) is 0 Å². The number of hydrogen-bond acceptors (Lipinski definition) is 3. The van der Waals surface area contributed by atoms with Crippen molar-refractivity contribution in [1.29, 1.82) is 0 Å². The van der Waals surface area contributed by atoms with Gasteiger partial charge in [0.15, 0.2) is 0 Å². The van der Waals surface area contributed by atoms with Gasteiger partial charge in [-0.25, -0.2) is 0 Å². The summed E-state index contributed by atoms with van der Waals surface area (Å²) in [6.07, 6.45) is 3.97. The monoisotopic (exact) mass is 264 g/mol. The molecule has 0 atom stereocenters. The van der Waals surface area contributed by atoms with Crippen molar-refractivity contribution in [2.45, 2.75) is 25.8 Å². The lowest BCUT2D eigenvalue weighted by Crippen LogP contribution is -2.37. The number of nitrogens with zero attached hydrogens (tertiary/aromatic N) is 2. The Hall–Kier alpha value is -1.62. The zero-order valence-corrected chi connectivity index (χ0v) is 11.0. The van der Waals surface area contributed by atoms with Crippen LogP contribution in [0.4, 0.5) is 0 Å². The fourth-order valence-corrected chi connectivity index (χ4v) is 2.56. The first-order chi connectivity index (χ1) is 9.15. The standard InChI is InChI=1S/C14H20N2O3/c17-13-3-1-2-6-16(13)10-9-15-7-4-12(5-8-15)11-14(18)19/h1-3,6,12H,4-5,7-11H2,(H,18,19). The predicted octanol–water partition coefficient (Wildman–Crippen LogP) is 1.03. The highest BCUT2D eigenvalue weighted by Crippen LogP contribution is 2.20. The van der Waals surface area contributed by atoms with E-state index >= 15 is 0 Å². The number of carboxylic acids is 1. The fourth-order valence-electron chi connectivity index (χ4n) is 2.56. The van der Waals surface area contributed by atoms with Gasteiger partial charge in [0.1, 0.15) is 0 Å². The van der Waals surface area contributed by atoms with Gasteiger partial charge < -0.3 is 14.6 Å². The van der Waals surface area contributed by atoms with E-state index in [-0.39, 0.29) is 12.0 Å². The summed E-state index contributed by atoms with van der Waals surface area (Å²) < 4.78 is 1.71. The van der Waals surface area contributed by atoms with Gasteiger partial charge in [0, 0.05) is 31.8 Å². The summed E-state index contributed by atoms with van der Waals surface area (Å²) in [4.78, 5) is 24.5. The third-order valence-electron chi connectivity index (χ3n) is 3.73. The molecule has 1 aliphatic heterocycles. The SMILES string of the molecule is O=C(O)CC1CCN(CCn2ccccc2=O)CC1. The van der Waals surface area contributed by atoms with Gasteiger partial charge >= 0.3 is 5.97 Å². The number of hydrogen-bond donors (Lipinski definition) is 1. The lowest BCUT2D eigenvalue weighted by molar-refractivity contribution is -0.138. The maximum absolute atomic E-state index is 11.5. The highest BCUT2D eigenvalue weighted by molar-refractivity contribution is 5.67. The minimum atomic E-state index is -0.700. The first-order valence-corrected chi connectivity index (χ1v) is 6.75. The van der Waals surface area contributed by atoms with Crippen molar-refractivity contribution in [3.05, 3.63) is 34.7 Å². The summed E-state index contributed by atoms with van der Waals surface area (Å²) in [6, 6.07) is 5.18. The van der Waals surface area contributed by atoms with E-state index in [1.165, 1.54) is 0 Å². The normalized spacial score (nSPS) is 17.5. The minimum absolute atomic E-state index is 0.0308. The molecular formula is C14H20N2O3. The number of rotatable bonds is 5. The van der Waals surface area contributed by atoms with Crippen molar-refractivity contribution in [3.8, 4) is 0 Å². The van der Waals surface area contributed by atoms with E-state index in [0.29, 0.717) is 12.5 Å². The van der Waals surface area contributed by atoms with Crippen molar-refractivity contribution in [3.63, 3.8) is 0 Å². The van der Waals surface area contributed by atoms with Gasteiger partial charge in [-0.3, -0.25) is 9.59 Å². The Morgan fingerprint density at radius 1 is 1.26 bits per heavy atom. The Morgan fingerprint density at radius 2 is 2.00 bits per heavy atom. The Bertz CT molecular complexity index is 476. The minimum Gasteiger partial charge on any atom is -0.481 e. The zero-order chi connectivity index (χ0) is 13.7. The molecule has 0 aromatic carbocycles. The van der Waals surface area contributed by atoms with Crippen LogP contribution in [-0.2, 0) is 11.3 Å². The molecule has 1 aromatic rings. The third kappa shape index (κ3) is 4.21. The highest BCUT2D eigenvalue weighted by Gasteiger charge is 2.20. The molecule has 0 bridgehead atoms. The molecule has 0 aliphatic carbocycles. The molecule has 19 heavy (non-hydrogen) atoms. The molecule has 104 valence electrons. The number of carboxylic acid groups (broad SMARTS) is 1. The van der Waals surface area contributed by atoms with Crippen LogP contribution in [0, 0.1) is 5.92 Å². The molecule has 0 saturated carbocycles. The topological polar surface area (TPSA) is 62.5 Å². The summed E-state index contributed by atoms with van der Waals surface area (Å²) in [5, 5.41) is 8.76. The van der Waals surface area contributed by atoms with Crippen molar-refractivity contribution in [1.82, 2.24) is 9.47 Å². The van der Waals surface area contributed by atoms with Crippen LogP contribution in [0.1, 0.15) is 19.3 Å². The summed E-state index contributed by atoms with van der Waals surface area (Å²) in [7, 11) is 0. The molecule has 1 aliphatic rings. The summed E-state index contributed by atoms with van der Waals surface area (Å²) in [5.74, 6) is -0.387. The van der Waals surface area contributed by atoms with Crippen LogP contribution >= 0.6 is 0 Å². The average molecular weight is 264 g/mol. The van der Waals surface area contributed by atoms with Crippen molar-refractivity contribution in [2.24, 2.45) is 5.92 Å². The lowest BCUT2D eigenvalue weighted by Gasteiger charge is -2.31. The van der Waals surface area contributed by atoms with E-state index in [1.807, 2.05) is 6.07 Å². The van der Waals surface area contributed by atoms with E-state index in [4.69, 9.17) is 5.11 Å². The number of aliphatic carboxylic acids is 1. The fraction of sp³-hybridized carbons (Fsp3) is 0.571. The van der Waals surface area contributed by atoms with Crippen LogP contribution in [0.3, 0.4) is 0 Å². The smallest absolute Gasteiger partial charge is 0.303 e. The van der Waals surface area contributed by atoms with E-state index in [0.717, 1.165) is 32.5 Å². The van der Waals surface area contributed by atoms with Crippen LogP contribution in [0.2, 0.25) is 0 Å². The van der Waals surface area contributed by atoms with Crippen LogP contribution in [0.15, 0.2) is 29.2 Å². The van der Waals surface area contributed by atoms with Gasteiger partial charge in [-0.05, 0) is 37.9 Å². The number of likely N-dealkylation sites (tertiary alicyclic amines) is 1. The third-order valence-corrected chi connectivity index (χ3v) is 3.73. The molecule has 2 heterocycles. The van der Waals surface area contributed by atoms with E-state index in [2.05, 4.69) is 4.90 Å². The molecule has 0 amide bonds. The van der Waals surface area contributed by atoms with E-state index in [1.54, 1.807) is 22.9 Å². The number of piperidine rings is 1. The van der Waals surface area contributed by atoms with Gasteiger partial charge in [-0.1, -0.05) is 6.07 Å². The van der Waals surface area contributed by atoms with Gasteiger partial charge in [-0.15, -0.1) is 0 Å². The van der Waals surface area contributed by atoms with Crippen molar-refractivity contribution in [2.75, 3.05) is 19.6 Å². The molecule has 1 fully saturated rings. The number of aromatic nitrogens is 1. The Labute approximate surface area is 112 Å². The maximum Gasteiger partial charge on any atom is 0.303 e. The molecule has 1 saturated heterocycles. The number of carbonyl (C=O) groups is 1. The van der Waals surface area contributed by atoms with E-state index in [9.17, 15) is 9.59 Å². The van der Waals surface area contributed by atoms with Crippen LogP contribution in [0.25, 0.3) is 0 Å². The highest BCUT2D eigenvalue weighted by atomic mass is 16.4. The van der Waals surface area contributed by atoms with Crippen molar-refractivity contribution >= 4 is 5.97 Å². The summed E-state index contributed by atoms with van der Waals surface area (Å²) in [6.45, 7) is 3.41. The van der Waals surface area contributed by atoms with Gasteiger partial charge in [0.2, 0.25) is 0 Å². The van der Waals surface area contributed by atoms with Crippen molar-refractivity contribution < 1.29 is 9.90 Å². The summed E-state index contributed by atoms with van der Waals surface area (Å²) in [5.41, 5.74) is 0.0308. The average Bonchev–Trinajstić information content (AvgIpc) is 2.39. The second-order valence-electron chi connectivity index (χ2n) is 5.12. The van der Waals surface area contributed by atoms with Gasteiger partial charge in [0.25, 0.3) is 5.56 Å². The molecule has 5 heteroatoms. The lowest BCUT2D eigenvalue weighted by atomic mass is 9.94. The van der Waals surface area contributed by atoms with Crippen LogP contribution in [-0.4, -0.2) is 40.2 Å². The first-order valence-electron chi connectivity index (χ1n) is 6.75. The summed E-state index contributed by atoms with van der Waals surface area (Å²) >= 11 is 0. The molecule has 0 spiro atoms. The predicted molar refractivity (Wildman–Crippen MR) is 72.1 cm³/mol. The molecule has 0 radical (unpaired) electrons. The maximum atomic E-state index is 11.5. The van der Waals surface area contributed by atoms with E-state index < -0.39 is 5.97 Å². The van der Waals surface area contributed by atoms with Gasteiger partial charge in [0.05, 0.1) is 0 Å². The molecule has 0 unspecified atom stereocenters. The van der Waals surface area contributed by atoms with Crippen LogP contribution < -0.4 is 5.56 Å². The number of pyridine rings is 1. The molecule has 5 nitrogen and oxygen atoms in total. The Morgan fingerprint density at radius 3 is 2.63 bits per heavy atom. The molecular weight excluding hydrogens is 244 g/mol. The zero-order valence-electron chi connectivity index (χ0n) is 11.0.